The Morgan fingerprint density at radius 3 is 2.43 bits per heavy atom. The highest BCUT2D eigenvalue weighted by Gasteiger charge is 2.50. The normalized spacial score (nSPS) is 20.1. The van der Waals surface area contributed by atoms with E-state index >= 15 is 0 Å². The van der Waals surface area contributed by atoms with E-state index in [1.807, 2.05) is 27.7 Å². The molecule has 1 aromatic heterocycles. The van der Waals surface area contributed by atoms with Crippen molar-refractivity contribution in [3.05, 3.63) is 33.9 Å². The van der Waals surface area contributed by atoms with Gasteiger partial charge in [0.25, 0.3) is 5.69 Å². The molecular weight excluding hydrogens is 273 g/mol. The first-order chi connectivity index (χ1) is 9.62. The predicted molar refractivity (Wildman–Crippen MR) is 80.4 cm³/mol. The summed E-state index contributed by atoms with van der Waals surface area (Å²) >= 11 is 0. The minimum absolute atomic E-state index is 0.113. The Bertz CT molecular complexity index is 585. The molecular formula is C13H18BN3O4. The van der Waals surface area contributed by atoms with Gasteiger partial charge in [0.1, 0.15) is 12.0 Å². The standard InChI is InChI=1S/C13H18BN3O4/c1-12(2)13(3,4)21-14(20-12)6-5-9-7-10(17(18)19)8-16-11(9)15/h5-8H,1-4H3,(H2,15,16)/b6-5+. The van der Waals surface area contributed by atoms with Crippen LogP contribution >= 0.6 is 0 Å². The van der Waals surface area contributed by atoms with E-state index in [0.717, 1.165) is 6.20 Å². The molecule has 1 aliphatic heterocycles. The molecule has 7 nitrogen and oxygen atoms in total. The zero-order chi connectivity index (χ0) is 15.8. The molecule has 0 spiro atoms. The molecule has 0 saturated carbocycles. The van der Waals surface area contributed by atoms with E-state index in [2.05, 4.69) is 4.98 Å². The van der Waals surface area contributed by atoms with Crippen molar-refractivity contribution in [2.24, 2.45) is 0 Å². The predicted octanol–water partition coefficient (Wildman–Crippen LogP) is 2.22. The van der Waals surface area contributed by atoms with Gasteiger partial charge in [0, 0.05) is 11.6 Å². The summed E-state index contributed by atoms with van der Waals surface area (Å²) in [5.74, 6) is 1.89. The first-order valence-corrected chi connectivity index (χ1v) is 6.56. The number of nitrogen functional groups attached to an aromatic ring is 1. The summed E-state index contributed by atoms with van der Waals surface area (Å²) in [4.78, 5) is 14.0. The van der Waals surface area contributed by atoms with Crippen molar-refractivity contribution in [3.8, 4) is 0 Å². The van der Waals surface area contributed by atoms with Crippen LogP contribution < -0.4 is 5.73 Å². The number of nitro groups is 1. The van der Waals surface area contributed by atoms with Crippen LogP contribution in [0.15, 0.2) is 18.2 Å². The van der Waals surface area contributed by atoms with Crippen molar-refractivity contribution >= 4 is 24.7 Å². The second kappa shape index (κ2) is 5.12. The molecule has 0 bridgehead atoms. The molecule has 1 aliphatic rings. The molecule has 1 aromatic rings. The van der Waals surface area contributed by atoms with Gasteiger partial charge in [0.2, 0.25) is 0 Å². The summed E-state index contributed by atoms with van der Waals surface area (Å²) in [5.41, 5.74) is 5.19. The third-order valence-electron chi connectivity index (χ3n) is 3.85. The van der Waals surface area contributed by atoms with Crippen molar-refractivity contribution in [2.45, 2.75) is 38.9 Å². The number of nitrogens with two attached hydrogens (primary N) is 1. The van der Waals surface area contributed by atoms with E-state index in [1.54, 1.807) is 12.1 Å². The van der Waals surface area contributed by atoms with Crippen molar-refractivity contribution < 1.29 is 14.2 Å². The molecule has 21 heavy (non-hydrogen) atoms. The number of hydrogen-bond acceptors (Lipinski definition) is 6. The molecule has 2 heterocycles. The van der Waals surface area contributed by atoms with Crippen molar-refractivity contribution in [3.63, 3.8) is 0 Å². The molecule has 0 aromatic carbocycles. The fourth-order valence-electron chi connectivity index (χ4n) is 1.86. The Morgan fingerprint density at radius 2 is 1.90 bits per heavy atom. The summed E-state index contributed by atoms with van der Waals surface area (Å²) < 4.78 is 11.6. The van der Waals surface area contributed by atoms with Crippen LogP contribution in [0.5, 0.6) is 0 Å². The average molecular weight is 291 g/mol. The number of rotatable bonds is 3. The summed E-state index contributed by atoms with van der Waals surface area (Å²) in [6.45, 7) is 7.79. The molecule has 2 rings (SSSR count). The summed E-state index contributed by atoms with van der Waals surface area (Å²) in [5, 5.41) is 10.7. The monoisotopic (exact) mass is 291 g/mol. The fraction of sp³-hybridized carbons (Fsp3) is 0.462. The first kappa shape index (κ1) is 15.5. The molecule has 0 radical (unpaired) electrons. The largest absolute Gasteiger partial charge is 0.487 e. The minimum atomic E-state index is -0.534. The summed E-state index contributed by atoms with van der Waals surface area (Å²) in [7, 11) is -0.534. The number of pyridine rings is 1. The van der Waals surface area contributed by atoms with Gasteiger partial charge in [-0.15, -0.1) is 0 Å². The average Bonchev–Trinajstić information content (AvgIpc) is 2.56. The quantitative estimate of drug-likeness (QED) is 0.520. The van der Waals surface area contributed by atoms with Crippen LogP contribution in [0.3, 0.4) is 0 Å². The molecule has 8 heteroatoms. The van der Waals surface area contributed by atoms with E-state index in [0.29, 0.717) is 5.56 Å². The SMILES string of the molecule is CC1(C)OB(/C=C/c2cc([N+](=O)[O-])cnc2N)OC1(C)C. The van der Waals surface area contributed by atoms with Crippen molar-refractivity contribution in [1.29, 1.82) is 0 Å². The van der Waals surface area contributed by atoms with Gasteiger partial charge in [-0.2, -0.15) is 0 Å². The molecule has 0 unspecified atom stereocenters. The smallest absolute Gasteiger partial charge is 0.400 e. The van der Waals surface area contributed by atoms with Crippen LogP contribution in [0, 0.1) is 10.1 Å². The lowest BCUT2D eigenvalue weighted by molar-refractivity contribution is -0.385. The molecule has 0 atom stereocenters. The van der Waals surface area contributed by atoms with Crippen LogP contribution in [0.1, 0.15) is 33.3 Å². The number of aromatic nitrogens is 1. The van der Waals surface area contributed by atoms with Crippen LogP contribution in [-0.2, 0) is 9.31 Å². The number of hydrogen-bond donors (Lipinski definition) is 1. The fourth-order valence-corrected chi connectivity index (χ4v) is 1.86. The topological polar surface area (TPSA) is 101 Å². The lowest BCUT2D eigenvalue weighted by Crippen LogP contribution is -2.41. The molecule has 0 amide bonds. The second-order valence-electron chi connectivity index (χ2n) is 5.91. The van der Waals surface area contributed by atoms with E-state index in [1.165, 1.54) is 6.07 Å². The maximum Gasteiger partial charge on any atom is 0.487 e. The van der Waals surface area contributed by atoms with Gasteiger partial charge >= 0.3 is 7.12 Å². The maximum absolute atomic E-state index is 10.7. The molecule has 0 aliphatic carbocycles. The molecule has 1 saturated heterocycles. The third kappa shape index (κ3) is 3.06. The lowest BCUT2D eigenvalue weighted by Gasteiger charge is -2.32. The Hall–Kier alpha value is -1.93. The van der Waals surface area contributed by atoms with Crippen molar-refractivity contribution in [1.82, 2.24) is 4.98 Å². The zero-order valence-corrected chi connectivity index (χ0v) is 12.5. The Kier molecular flexibility index (Phi) is 3.77. The Labute approximate surface area is 123 Å². The van der Waals surface area contributed by atoms with Crippen LogP contribution in [0.2, 0.25) is 0 Å². The molecule has 2 N–H and O–H groups in total. The maximum atomic E-state index is 10.7. The number of anilines is 1. The Balaban J connectivity index is 2.20. The first-order valence-electron chi connectivity index (χ1n) is 6.56. The van der Waals surface area contributed by atoms with E-state index in [9.17, 15) is 10.1 Å². The number of nitrogens with zero attached hydrogens (tertiary/aromatic N) is 2. The van der Waals surface area contributed by atoms with Crippen LogP contribution in [-0.4, -0.2) is 28.2 Å². The highest BCUT2D eigenvalue weighted by atomic mass is 16.7. The van der Waals surface area contributed by atoms with Gasteiger partial charge < -0.3 is 15.0 Å². The van der Waals surface area contributed by atoms with Gasteiger partial charge in [0.05, 0.1) is 16.1 Å². The van der Waals surface area contributed by atoms with E-state index < -0.39 is 23.2 Å². The van der Waals surface area contributed by atoms with E-state index in [-0.39, 0.29) is 11.5 Å². The van der Waals surface area contributed by atoms with Gasteiger partial charge in [-0.05, 0) is 27.7 Å². The molecule has 1 fully saturated rings. The van der Waals surface area contributed by atoms with Gasteiger partial charge in [0.15, 0.2) is 0 Å². The lowest BCUT2D eigenvalue weighted by atomic mass is 9.89. The van der Waals surface area contributed by atoms with Crippen LogP contribution in [0.25, 0.3) is 6.08 Å². The zero-order valence-electron chi connectivity index (χ0n) is 12.5. The van der Waals surface area contributed by atoms with Crippen molar-refractivity contribution in [2.75, 3.05) is 5.73 Å². The highest BCUT2D eigenvalue weighted by Crippen LogP contribution is 2.37. The second-order valence-corrected chi connectivity index (χ2v) is 5.91. The van der Waals surface area contributed by atoms with Crippen LogP contribution in [0.4, 0.5) is 11.5 Å². The Morgan fingerprint density at radius 1 is 1.33 bits per heavy atom. The summed E-state index contributed by atoms with van der Waals surface area (Å²) in [6.07, 6.45) is 2.75. The van der Waals surface area contributed by atoms with Gasteiger partial charge in [-0.1, -0.05) is 12.1 Å². The van der Waals surface area contributed by atoms with Gasteiger partial charge in [-0.3, -0.25) is 10.1 Å². The minimum Gasteiger partial charge on any atom is -0.400 e. The van der Waals surface area contributed by atoms with Gasteiger partial charge in [-0.25, -0.2) is 4.98 Å². The third-order valence-corrected chi connectivity index (χ3v) is 3.85. The molecule has 112 valence electrons. The van der Waals surface area contributed by atoms with E-state index in [4.69, 9.17) is 15.0 Å². The summed E-state index contributed by atoms with van der Waals surface area (Å²) in [6, 6.07) is 1.37. The highest BCUT2D eigenvalue weighted by molar-refractivity contribution is 6.52.